The highest BCUT2D eigenvalue weighted by Gasteiger charge is 2.14. The molecule has 1 fully saturated rings. The molecule has 0 radical (unpaired) electrons. The first-order valence-corrected chi connectivity index (χ1v) is 9.68. The Morgan fingerprint density at radius 1 is 1.10 bits per heavy atom. The van der Waals surface area contributed by atoms with E-state index in [9.17, 15) is 0 Å². The van der Waals surface area contributed by atoms with E-state index in [1.54, 1.807) is 13.2 Å². The minimum atomic E-state index is 0. The molecule has 0 aliphatic carbocycles. The van der Waals surface area contributed by atoms with Crippen LogP contribution in [0.3, 0.4) is 0 Å². The van der Waals surface area contributed by atoms with Crippen LogP contribution in [-0.4, -0.2) is 51.4 Å². The monoisotopic (exact) mass is 462 g/mol. The molecule has 5 nitrogen and oxygen atoms in total. The first-order chi connectivity index (χ1) is 13.3. The van der Waals surface area contributed by atoms with Gasteiger partial charge in [0, 0.05) is 49.4 Å². The number of nitrogens with zero attached hydrogens (tertiary/aromatic N) is 1. The van der Waals surface area contributed by atoms with Crippen LogP contribution in [0, 0.1) is 0 Å². The third-order valence-corrected chi connectivity index (χ3v) is 4.78. The lowest BCUT2D eigenvalue weighted by Crippen LogP contribution is -2.40. The average molecular weight is 464 g/mol. The van der Waals surface area contributed by atoms with Gasteiger partial charge in [-0.25, -0.2) is 0 Å². The second kappa shape index (κ2) is 13.9. The standard InChI is InChI=1S/C21H27ClN2O3.2ClH/c1-25-20-14-19(22)13-18(15-23-7-8-24-9-11-26-12-10-24)21(20)27-16-17-5-3-2-4-6-17;;/h2-6,13-14,23H,7-12,15-16H2,1H3;2*1H. The molecule has 0 unspecified atom stereocenters. The number of ether oxygens (including phenoxy) is 3. The zero-order valence-electron chi connectivity index (χ0n) is 16.6. The Bertz CT molecular complexity index is 714. The van der Waals surface area contributed by atoms with Gasteiger partial charge >= 0.3 is 0 Å². The molecule has 0 saturated carbocycles. The van der Waals surface area contributed by atoms with E-state index in [4.69, 9.17) is 25.8 Å². The molecule has 0 spiro atoms. The molecule has 2 aromatic rings. The summed E-state index contributed by atoms with van der Waals surface area (Å²) in [6.45, 7) is 6.70. The lowest BCUT2D eigenvalue weighted by molar-refractivity contribution is 0.0384. The van der Waals surface area contributed by atoms with Crippen molar-refractivity contribution in [2.45, 2.75) is 13.2 Å². The minimum absolute atomic E-state index is 0. The first-order valence-electron chi connectivity index (χ1n) is 9.30. The zero-order chi connectivity index (χ0) is 18.9. The average Bonchev–Trinajstić information content (AvgIpc) is 2.71. The van der Waals surface area contributed by atoms with Gasteiger partial charge in [-0.1, -0.05) is 41.9 Å². The van der Waals surface area contributed by atoms with Gasteiger partial charge in [-0.3, -0.25) is 4.90 Å². The third kappa shape index (κ3) is 8.21. The van der Waals surface area contributed by atoms with E-state index in [-0.39, 0.29) is 24.8 Å². The lowest BCUT2D eigenvalue weighted by atomic mass is 10.1. The molecule has 0 amide bonds. The van der Waals surface area contributed by atoms with Crippen LogP contribution in [0.15, 0.2) is 42.5 Å². The van der Waals surface area contributed by atoms with E-state index in [1.165, 1.54) is 0 Å². The second-order valence-electron chi connectivity index (χ2n) is 6.50. The van der Waals surface area contributed by atoms with Crippen LogP contribution in [-0.2, 0) is 17.9 Å². The molecule has 8 heteroatoms. The minimum Gasteiger partial charge on any atom is -0.493 e. The van der Waals surface area contributed by atoms with E-state index in [0.717, 1.165) is 56.3 Å². The predicted molar refractivity (Wildman–Crippen MR) is 122 cm³/mol. The van der Waals surface area contributed by atoms with E-state index in [1.807, 2.05) is 36.4 Å². The van der Waals surface area contributed by atoms with Crippen molar-refractivity contribution in [2.75, 3.05) is 46.5 Å². The number of methoxy groups -OCH3 is 1. The van der Waals surface area contributed by atoms with E-state index < -0.39 is 0 Å². The van der Waals surface area contributed by atoms with Crippen LogP contribution in [0.5, 0.6) is 11.5 Å². The molecular weight excluding hydrogens is 435 g/mol. The molecule has 3 rings (SSSR count). The van der Waals surface area contributed by atoms with Crippen molar-refractivity contribution in [3.05, 3.63) is 58.6 Å². The number of halogens is 3. The number of nitrogens with one attached hydrogen (secondary N) is 1. The number of morpholine rings is 1. The van der Waals surface area contributed by atoms with Crippen LogP contribution in [0.4, 0.5) is 0 Å². The van der Waals surface area contributed by atoms with Gasteiger partial charge in [0.1, 0.15) is 6.61 Å². The maximum Gasteiger partial charge on any atom is 0.166 e. The largest absolute Gasteiger partial charge is 0.493 e. The van der Waals surface area contributed by atoms with Crippen LogP contribution >= 0.6 is 36.4 Å². The Morgan fingerprint density at radius 2 is 1.83 bits per heavy atom. The fourth-order valence-electron chi connectivity index (χ4n) is 3.08. The Morgan fingerprint density at radius 3 is 2.52 bits per heavy atom. The van der Waals surface area contributed by atoms with Gasteiger partial charge in [0.15, 0.2) is 11.5 Å². The van der Waals surface area contributed by atoms with Crippen LogP contribution in [0.2, 0.25) is 5.02 Å². The molecule has 1 saturated heterocycles. The molecule has 1 N–H and O–H groups in total. The summed E-state index contributed by atoms with van der Waals surface area (Å²) in [5.41, 5.74) is 2.11. The maximum atomic E-state index is 6.27. The molecule has 1 heterocycles. The van der Waals surface area contributed by atoms with Gasteiger partial charge in [0.2, 0.25) is 0 Å². The summed E-state index contributed by atoms with van der Waals surface area (Å²) in [5, 5.41) is 4.13. The fraction of sp³-hybridized carbons (Fsp3) is 0.429. The molecule has 0 bridgehead atoms. The lowest BCUT2D eigenvalue weighted by Gasteiger charge is -2.26. The Hall–Kier alpha value is -1.21. The SMILES string of the molecule is COc1cc(Cl)cc(CNCCN2CCOCC2)c1OCc1ccccc1.Cl.Cl. The summed E-state index contributed by atoms with van der Waals surface area (Å²) in [6, 6.07) is 13.8. The fourth-order valence-corrected chi connectivity index (χ4v) is 3.31. The highest BCUT2D eigenvalue weighted by atomic mass is 35.5. The topological polar surface area (TPSA) is 43.0 Å². The molecule has 2 aromatic carbocycles. The predicted octanol–water partition coefficient (Wildman–Crippen LogP) is 4.19. The molecule has 1 aliphatic heterocycles. The Labute approximate surface area is 190 Å². The summed E-state index contributed by atoms with van der Waals surface area (Å²) < 4.78 is 17.0. The van der Waals surface area contributed by atoms with Crippen LogP contribution in [0.1, 0.15) is 11.1 Å². The number of rotatable bonds is 9. The summed E-state index contributed by atoms with van der Waals surface area (Å²) in [4.78, 5) is 2.40. The maximum absolute atomic E-state index is 6.27. The van der Waals surface area contributed by atoms with Gasteiger partial charge in [-0.15, -0.1) is 24.8 Å². The van der Waals surface area contributed by atoms with Gasteiger partial charge < -0.3 is 19.5 Å². The summed E-state index contributed by atoms with van der Waals surface area (Å²) >= 11 is 6.27. The molecule has 1 aliphatic rings. The molecule has 0 aromatic heterocycles. The smallest absolute Gasteiger partial charge is 0.166 e. The number of benzene rings is 2. The van der Waals surface area contributed by atoms with Crippen LogP contribution in [0.25, 0.3) is 0 Å². The first kappa shape index (κ1) is 25.8. The Balaban J connectivity index is 0.00000210. The summed E-state index contributed by atoms with van der Waals surface area (Å²) in [5.74, 6) is 1.40. The molecule has 162 valence electrons. The summed E-state index contributed by atoms with van der Waals surface area (Å²) in [7, 11) is 1.64. The molecule has 0 atom stereocenters. The van der Waals surface area contributed by atoms with Crippen molar-refractivity contribution in [1.29, 1.82) is 0 Å². The zero-order valence-corrected chi connectivity index (χ0v) is 19.0. The molecular formula is C21H29Cl3N2O3. The Kier molecular flexibility index (Phi) is 12.4. The second-order valence-corrected chi connectivity index (χ2v) is 6.94. The van der Waals surface area contributed by atoms with Crippen molar-refractivity contribution in [3.8, 4) is 11.5 Å². The van der Waals surface area contributed by atoms with Crippen molar-refractivity contribution in [1.82, 2.24) is 10.2 Å². The van der Waals surface area contributed by atoms with E-state index in [2.05, 4.69) is 10.2 Å². The quantitative estimate of drug-likeness (QED) is 0.565. The highest BCUT2D eigenvalue weighted by Crippen LogP contribution is 2.35. The number of hydrogen-bond acceptors (Lipinski definition) is 5. The highest BCUT2D eigenvalue weighted by molar-refractivity contribution is 6.30. The van der Waals surface area contributed by atoms with E-state index >= 15 is 0 Å². The summed E-state index contributed by atoms with van der Waals surface area (Å²) in [6.07, 6.45) is 0. The normalized spacial score (nSPS) is 13.9. The van der Waals surface area contributed by atoms with Gasteiger partial charge in [-0.05, 0) is 11.6 Å². The van der Waals surface area contributed by atoms with Crippen molar-refractivity contribution in [3.63, 3.8) is 0 Å². The number of hydrogen-bond donors (Lipinski definition) is 1. The van der Waals surface area contributed by atoms with Gasteiger partial charge in [0.05, 0.1) is 20.3 Å². The van der Waals surface area contributed by atoms with Crippen LogP contribution < -0.4 is 14.8 Å². The third-order valence-electron chi connectivity index (χ3n) is 4.57. The van der Waals surface area contributed by atoms with Crippen molar-refractivity contribution < 1.29 is 14.2 Å². The van der Waals surface area contributed by atoms with Gasteiger partial charge in [0.25, 0.3) is 0 Å². The van der Waals surface area contributed by atoms with Crippen molar-refractivity contribution in [2.24, 2.45) is 0 Å². The molecule has 29 heavy (non-hydrogen) atoms. The van der Waals surface area contributed by atoms with Gasteiger partial charge in [-0.2, -0.15) is 0 Å². The van der Waals surface area contributed by atoms with E-state index in [0.29, 0.717) is 23.9 Å². The van der Waals surface area contributed by atoms with Crippen molar-refractivity contribution >= 4 is 36.4 Å².